The third kappa shape index (κ3) is 4.03. The molecule has 198 valence electrons. The summed E-state index contributed by atoms with van der Waals surface area (Å²) in [6.07, 6.45) is 7.27. The van der Waals surface area contributed by atoms with Gasteiger partial charge in [-0.15, -0.1) is 0 Å². The maximum atomic E-state index is 15.5. The molecule has 0 N–H and O–H groups in total. The molecule has 1 aliphatic rings. The lowest BCUT2D eigenvalue weighted by Gasteiger charge is -2.11. The highest BCUT2D eigenvalue weighted by Crippen LogP contribution is 2.43. The molecule has 0 saturated heterocycles. The first kappa shape index (κ1) is 24.8. The summed E-state index contributed by atoms with van der Waals surface area (Å²) in [6, 6.07) is 28.9. The minimum absolute atomic E-state index is 0.259. The lowest BCUT2D eigenvalue weighted by molar-refractivity contribution is -0.660. The lowest BCUT2D eigenvalue weighted by Crippen LogP contribution is -2.31. The van der Waals surface area contributed by atoms with Gasteiger partial charge in [-0.25, -0.2) is 8.96 Å². The number of hydrogen-bond acceptors (Lipinski definition) is 1. The monoisotopic (exact) mass is 526 g/mol. The van der Waals surface area contributed by atoms with Gasteiger partial charge in [0.25, 0.3) is 0 Å². The van der Waals surface area contributed by atoms with E-state index < -0.39 is 0 Å². The molecule has 7 rings (SSSR count). The molecule has 3 heteroatoms. The molecule has 0 unspecified atom stereocenters. The third-order valence-corrected chi connectivity index (χ3v) is 8.81. The van der Waals surface area contributed by atoms with Crippen LogP contribution in [0, 0.1) is 19.7 Å². The van der Waals surface area contributed by atoms with Gasteiger partial charge in [0, 0.05) is 22.4 Å². The van der Waals surface area contributed by atoms with Gasteiger partial charge in [0.15, 0.2) is 6.20 Å². The molecule has 1 fully saturated rings. The Morgan fingerprint density at radius 1 is 0.725 bits per heavy atom. The number of fused-ring (bicyclic) bond motifs is 3. The van der Waals surface area contributed by atoms with Gasteiger partial charge >= 0.3 is 0 Å². The molecule has 0 spiro atoms. The van der Waals surface area contributed by atoms with Crippen molar-refractivity contribution >= 4 is 21.9 Å². The maximum absolute atomic E-state index is 15.5. The van der Waals surface area contributed by atoms with Crippen molar-refractivity contribution in [2.75, 3.05) is 0 Å². The Bertz CT molecular complexity index is 1880. The van der Waals surface area contributed by atoms with E-state index in [1.165, 1.54) is 47.9 Å². The fourth-order valence-electron chi connectivity index (χ4n) is 6.71. The van der Waals surface area contributed by atoms with E-state index in [-0.39, 0.29) is 5.82 Å². The summed E-state index contributed by atoms with van der Waals surface area (Å²) < 4.78 is 24.4. The van der Waals surface area contributed by atoms with Crippen molar-refractivity contribution in [1.29, 1.82) is 0 Å². The molecule has 4 aromatic carbocycles. The van der Waals surface area contributed by atoms with Crippen LogP contribution in [0.15, 0.2) is 95.5 Å². The molecule has 1 aliphatic carbocycles. The van der Waals surface area contributed by atoms with Crippen LogP contribution in [-0.2, 0) is 7.05 Å². The van der Waals surface area contributed by atoms with Crippen LogP contribution in [-0.4, -0.2) is 0 Å². The van der Waals surface area contributed by atoms with Crippen LogP contribution >= 0.6 is 0 Å². The normalized spacial score (nSPS) is 14.0. The summed E-state index contributed by atoms with van der Waals surface area (Å²) in [5.74, 6) is 0.369. The van der Waals surface area contributed by atoms with E-state index in [4.69, 9.17) is 4.42 Å². The van der Waals surface area contributed by atoms with Crippen molar-refractivity contribution in [1.82, 2.24) is 0 Å². The van der Waals surface area contributed by atoms with Gasteiger partial charge in [-0.3, -0.25) is 0 Å². The zero-order chi connectivity index (χ0) is 27.4. The smallest absolute Gasteiger partial charge is 0.216 e. The van der Waals surface area contributed by atoms with Crippen molar-refractivity contribution in [3.63, 3.8) is 0 Å². The number of aryl methyl sites for hydroxylation is 3. The molecule has 2 aromatic heterocycles. The molecule has 1 saturated carbocycles. The lowest BCUT2D eigenvalue weighted by atomic mass is 9.94. The van der Waals surface area contributed by atoms with Crippen LogP contribution in [0.2, 0.25) is 0 Å². The molecule has 0 amide bonds. The van der Waals surface area contributed by atoms with E-state index >= 15 is 4.39 Å². The summed E-state index contributed by atoms with van der Waals surface area (Å²) in [6.45, 7) is 4.26. The van der Waals surface area contributed by atoms with Gasteiger partial charge in [0.1, 0.15) is 24.0 Å². The quantitative estimate of drug-likeness (QED) is 0.209. The summed E-state index contributed by atoms with van der Waals surface area (Å²) >= 11 is 0. The molecule has 0 aliphatic heterocycles. The predicted octanol–water partition coefficient (Wildman–Crippen LogP) is 9.83. The second-order valence-electron chi connectivity index (χ2n) is 11.4. The summed E-state index contributed by atoms with van der Waals surface area (Å²) in [5.41, 5.74) is 10.9. The Hall–Kier alpha value is -4.24. The molecule has 2 heterocycles. The fourth-order valence-corrected chi connectivity index (χ4v) is 6.71. The van der Waals surface area contributed by atoms with E-state index in [2.05, 4.69) is 98.4 Å². The fraction of sp³-hybridized carbons (Fsp3) is 0.216. The first-order chi connectivity index (χ1) is 19.5. The minimum atomic E-state index is -0.259. The third-order valence-electron chi connectivity index (χ3n) is 8.81. The van der Waals surface area contributed by atoms with E-state index in [1.54, 1.807) is 6.07 Å². The minimum Gasteiger partial charge on any atom is -0.454 e. The number of halogens is 1. The van der Waals surface area contributed by atoms with Crippen LogP contribution < -0.4 is 4.57 Å². The Balaban J connectivity index is 1.43. The van der Waals surface area contributed by atoms with Gasteiger partial charge in [0.05, 0.1) is 11.1 Å². The van der Waals surface area contributed by atoms with Gasteiger partial charge in [-0.1, -0.05) is 79.6 Å². The predicted molar refractivity (Wildman–Crippen MR) is 162 cm³/mol. The first-order valence-electron chi connectivity index (χ1n) is 14.3. The van der Waals surface area contributed by atoms with Gasteiger partial charge in [-0.2, -0.15) is 0 Å². The summed E-state index contributed by atoms with van der Waals surface area (Å²) in [4.78, 5) is 0. The average molecular weight is 527 g/mol. The van der Waals surface area contributed by atoms with Crippen LogP contribution in [0.25, 0.3) is 55.4 Å². The summed E-state index contributed by atoms with van der Waals surface area (Å²) in [7, 11) is 2.08. The van der Waals surface area contributed by atoms with Crippen molar-refractivity contribution < 1.29 is 13.4 Å². The number of rotatable bonds is 4. The van der Waals surface area contributed by atoms with Crippen LogP contribution in [0.4, 0.5) is 4.39 Å². The highest BCUT2D eigenvalue weighted by atomic mass is 19.1. The Labute approximate surface area is 234 Å². The SMILES string of the molecule is Cc1c[n+](C)c(-c2c(C)ccc3c2oc2c(-c4ccc(C5CCCC5)cc4)c(F)ccc23)cc1-c1ccccc1. The number of benzene rings is 4. The standard InChI is InChI=1S/C37H33FNO/c1-23-13-18-29-30-19-20-32(38)35(28-16-14-26(15-17-28)25-9-7-8-10-25)37(30)40-36(29)34(23)33-21-31(24(2)22-39(33)3)27-11-5-4-6-12-27/h4-6,11-22,25H,7-10H2,1-3H3/q+1. The zero-order valence-electron chi connectivity index (χ0n) is 23.3. The number of hydrogen-bond donors (Lipinski definition) is 0. The van der Waals surface area contributed by atoms with E-state index in [9.17, 15) is 0 Å². The van der Waals surface area contributed by atoms with Crippen LogP contribution in [0.1, 0.15) is 48.3 Å². The maximum Gasteiger partial charge on any atom is 0.216 e. The molecular formula is C37H33FNO+. The van der Waals surface area contributed by atoms with Crippen molar-refractivity contribution in [3.05, 3.63) is 114 Å². The highest BCUT2D eigenvalue weighted by Gasteiger charge is 2.25. The molecule has 2 nitrogen and oxygen atoms in total. The molecule has 40 heavy (non-hydrogen) atoms. The Morgan fingerprint density at radius 3 is 2.12 bits per heavy atom. The zero-order valence-corrected chi connectivity index (χ0v) is 23.3. The van der Waals surface area contributed by atoms with Crippen molar-refractivity contribution in [2.24, 2.45) is 7.05 Å². The second kappa shape index (κ2) is 9.75. The number of nitrogens with zero attached hydrogens (tertiary/aromatic N) is 1. The second-order valence-corrected chi connectivity index (χ2v) is 11.4. The van der Waals surface area contributed by atoms with E-state index in [0.29, 0.717) is 17.1 Å². The van der Waals surface area contributed by atoms with Gasteiger partial charge in [0.2, 0.25) is 5.69 Å². The van der Waals surface area contributed by atoms with Crippen LogP contribution in [0.5, 0.6) is 0 Å². The number of pyridine rings is 1. The average Bonchev–Trinajstić information content (AvgIpc) is 3.63. The number of aromatic nitrogens is 1. The molecular weight excluding hydrogens is 493 g/mol. The van der Waals surface area contributed by atoms with Crippen molar-refractivity contribution in [2.45, 2.75) is 45.4 Å². The Morgan fingerprint density at radius 2 is 1.40 bits per heavy atom. The van der Waals surface area contributed by atoms with Crippen molar-refractivity contribution in [3.8, 4) is 33.5 Å². The Kier molecular flexibility index (Phi) is 6.04. The topological polar surface area (TPSA) is 17.0 Å². The first-order valence-corrected chi connectivity index (χ1v) is 14.3. The van der Waals surface area contributed by atoms with Gasteiger partial charge < -0.3 is 4.42 Å². The molecule has 0 radical (unpaired) electrons. The van der Waals surface area contributed by atoms with E-state index in [0.717, 1.165) is 38.7 Å². The molecule has 6 aromatic rings. The summed E-state index contributed by atoms with van der Waals surface area (Å²) in [5, 5.41) is 1.94. The molecule has 0 bridgehead atoms. The van der Waals surface area contributed by atoms with Crippen LogP contribution in [0.3, 0.4) is 0 Å². The highest BCUT2D eigenvalue weighted by molar-refractivity contribution is 6.13. The largest absolute Gasteiger partial charge is 0.454 e. The van der Waals surface area contributed by atoms with Gasteiger partial charge in [-0.05, 0) is 72.6 Å². The number of furan rings is 1. The molecule has 0 atom stereocenters. The van der Waals surface area contributed by atoms with E-state index in [1.807, 2.05) is 12.1 Å².